The third kappa shape index (κ3) is 6.47. The van der Waals surface area contributed by atoms with Gasteiger partial charge >= 0.3 is 18.2 Å². The molecular formula is C35H31F3N4O5. The maximum atomic E-state index is 14.2. The van der Waals surface area contributed by atoms with E-state index in [1.165, 1.54) is 28.9 Å². The topological polar surface area (TPSA) is 111 Å². The molecule has 0 radical (unpaired) electrons. The highest BCUT2D eigenvalue weighted by atomic mass is 19.4. The molecule has 242 valence electrons. The van der Waals surface area contributed by atoms with E-state index in [1.807, 2.05) is 6.07 Å². The number of imide groups is 1. The Kier molecular flexibility index (Phi) is 9.46. The zero-order chi connectivity index (χ0) is 33.9. The number of allylic oxidation sites excluding steroid dienone is 1. The lowest BCUT2D eigenvalue weighted by molar-refractivity contribution is -0.139. The summed E-state index contributed by atoms with van der Waals surface area (Å²) in [6, 6.07) is 17.7. The van der Waals surface area contributed by atoms with E-state index in [-0.39, 0.29) is 48.5 Å². The van der Waals surface area contributed by atoms with Gasteiger partial charge in [0.2, 0.25) is 0 Å². The van der Waals surface area contributed by atoms with E-state index >= 15 is 0 Å². The number of ether oxygens (including phenoxy) is 1. The number of esters is 1. The van der Waals surface area contributed by atoms with Crippen molar-refractivity contribution in [1.82, 2.24) is 9.80 Å². The number of hydrogen-bond acceptors (Lipinski definition) is 6. The molecule has 0 N–H and O–H groups in total. The van der Waals surface area contributed by atoms with Crippen LogP contribution < -0.4 is 4.90 Å². The van der Waals surface area contributed by atoms with Gasteiger partial charge in [-0.15, -0.1) is 0 Å². The van der Waals surface area contributed by atoms with Gasteiger partial charge in [0.1, 0.15) is 0 Å². The average Bonchev–Trinajstić information content (AvgIpc) is 3.30. The summed E-state index contributed by atoms with van der Waals surface area (Å²) in [4.78, 5) is 56.9. The van der Waals surface area contributed by atoms with Crippen molar-refractivity contribution in [3.63, 3.8) is 0 Å². The van der Waals surface area contributed by atoms with E-state index in [4.69, 9.17) is 4.74 Å². The van der Waals surface area contributed by atoms with Gasteiger partial charge in [-0.2, -0.15) is 18.4 Å². The fourth-order valence-electron chi connectivity index (χ4n) is 5.93. The second-order valence-electron chi connectivity index (χ2n) is 11.1. The number of fused-ring (bicyclic) bond motifs is 1. The largest absolute Gasteiger partial charge is 0.463 e. The molecule has 12 heteroatoms. The first-order valence-electron chi connectivity index (χ1n) is 15.1. The van der Waals surface area contributed by atoms with Crippen LogP contribution in [0.2, 0.25) is 0 Å². The SMILES string of the molecule is CCOC(=O)C1=C(C)N(c2cccc(C(F)(F)F)c2)C(=O)N(CCCCCN2C(=O)c3ccccc3C2=O)[C@@H]1c1ccc(C#N)cc1. The third-order valence-electron chi connectivity index (χ3n) is 8.19. The second-order valence-corrected chi connectivity index (χ2v) is 11.1. The maximum absolute atomic E-state index is 14.2. The van der Waals surface area contributed by atoms with E-state index in [2.05, 4.69) is 0 Å². The molecule has 0 aliphatic carbocycles. The van der Waals surface area contributed by atoms with E-state index in [1.54, 1.807) is 55.5 Å². The molecule has 4 amide bonds. The van der Waals surface area contributed by atoms with Crippen molar-refractivity contribution in [2.24, 2.45) is 0 Å². The molecule has 2 aliphatic heterocycles. The number of hydrogen-bond donors (Lipinski definition) is 0. The van der Waals surface area contributed by atoms with E-state index in [0.29, 0.717) is 41.5 Å². The number of carbonyl (C=O) groups is 4. The Morgan fingerprint density at radius 2 is 1.53 bits per heavy atom. The standard InChI is InChI=1S/C35H31F3N4O5/c1-3-47-33(45)29-22(2)42(26-11-9-10-25(20-26)35(36,37)38)34(46)40(30(29)24-16-14-23(21-39)15-17-24)18-7-4-8-19-41-31(43)27-12-5-6-13-28(27)32(41)44/h5-6,9-17,20,30H,3-4,7-8,18-19H2,1-2H3/t30-/m1/s1. The molecular weight excluding hydrogens is 613 g/mol. The van der Waals surface area contributed by atoms with Crippen LogP contribution >= 0.6 is 0 Å². The lowest BCUT2D eigenvalue weighted by atomic mass is 9.92. The Bertz CT molecular complexity index is 1760. The number of anilines is 1. The summed E-state index contributed by atoms with van der Waals surface area (Å²) in [6.07, 6.45) is -3.36. The lowest BCUT2D eigenvalue weighted by Gasteiger charge is -2.43. The molecule has 5 rings (SSSR count). The fraction of sp³-hybridized carbons (Fsp3) is 0.286. The molecule has 9 nitrogen and oxygen atoms in total. The number of nitrogens with zero attached hydrogens (tertiary/aromatic N) is 4. The van der Waals surface area contributed by atoms with Crippen molar-refractivity contribution in [1.29, 1.82) is 5.26 Å². The van der Waals surface area contributed by atoms with Crippen LogP contribution in [0.25, 0.3) is 0 Å². The summed E-state index contributed by atoms with van der Waals surface area (Å²) in [5.74, 6) is -1.47. The van der Waals surface area contributed by atoms with Crippen molar-refractivity contribution in [2.45, 2.75) is 45.3 Å². The predicted octanol–water partition coefficient (Wildman–Crippen LogP) is 6.86. The van der Waals surface area contributed by atoms with Crippen LogP contribution in [0.15, 0.2) is 84.1 Å². The van der Waals surface area contributed by atoms with Gasteiger partial charge in [-0.1, -0.05) is 30.3 Å². The number of amides is 4. The molecule has 0 saturated heterocycles. The third-order valence-corrected chi connectivity index (χ3v) is 8.19. The van der Waals surface area contributed by atoms with Crippen LogP contribution in [0, 0.1) is 11.3 Å². The molecule has 3 aromatic rings. The zero-order valence-corrected chi connectivity index (χ0v) is 25.7. The molecule has 1 atom stereocenters. The van der Waals surface area contributed by atoms with Gasteiger partial charge in [0.25, 0.3) is 11.8 Å². The molecule has 0 aromatic heterocycles. The summed E-state index contributed by atoms with van der Waals surface area (Å²) in [6.45, 7) is 3.38. The van der Waals surface area contributed by atoms with Crippen molar-refractivity contribution in [2.75, 3.05) is 24.6 Å². The highest BCUT2D eigenvalue weighted by Gasteiger charge is 2.43. The average molecular weight is 645 g/mol. The van der Waals surface area contributed by atoms with Gasteiger partial charge in [0, 0.05) is 18.8 Å². The van der Waals surface area contributed by atoms with E-state index in [0.717, 1.165) is 17.0 Å². The number of benzene rings is 3. The van der Waals surface area contributed by atoms with Gasteiger partial charge in [0.05, 0.1) is 52.2 Å². The molecule has 47 heavy (non-hydrogen) atoms. The lowest BCUT2D eigenvalue weighted by Crippen LogP contribution is -2.51. The molecule has 2 aliphatic rings. The number of halogens is 3. The minimum Gasteiger partial charge on any atom is -0.463 e. The predicted molar refractivity (Wildman–Crippen MR) is 165 cm³/mol. The summed E-state index contributed by atoms with van der Waals surface area (Å²) >= 11 is 0. The first-order chi connectivity index (χ1) is 22.5. The van der Waals surface area contributed by atoms with Gasteiger partial charge in [-0.3, -0.25) is 19.4 Å². The van der Waals surface area contributed by atoms with Gasteiger partial charge in [0.15, 0.2) is 0 Å². The maximum Gasteiger partial charge on any atom is 0.416 e. The summed E-state index contributed by atoms with van der Waals surface area (Å²) < 4.78 is 46.4. The first kappa shape index (κ1) is 32.9. The highest BCUT2D eigenvalue weighted by molar-refractivity contribution is 6.21. The number of nitriles is 1. The number of alkyl halides is 3. The van der Waals surface area contributed by atoms with E-state index < -0.39 is 29.8 Å². The Labute approximate surface area is 269 Å². The Morgan fingerprint density at radius 3 is 2.13 bits per heavy atom. The summed E-state index contributed by atoms with van der Waals surface area (Å²) in [5, 5.41) is 9.32. The Morgan fingerprint density at radius 1 is 0.894 bits per heavy atom. The second kappa shape index (κ2) is 13.5. The Hall–Kier alpha value is -5.44. The fourth-order valence-corrected chi connectivity index (χ4v) is 5.93. The van der Waals surface area contributed by atoms with Gasteiger partial charge in [-0.05, 0) is 81.1 Å². The zero-order valence-electron chi connectivity index (χ0n) is 25.7. The molecule has 0 unspecified atom stereocenters. The van der Waals surface area contributed by atoms with Crippen molar-refractivity contribution in [3.05, 3.63) is 112 Å². The van der Waals surface area contributed by atoms with Crippen LogP contribution in [-0.2, 0) is 15.7 Å². The number of carbonyl (C=O) groups excluding carboxylic acids is 4. The Balaban J connectivity index is 1.45. The molecule has 0 bridgehead atoms. The van der Waals surface area contributed by atoms with Crippen LogP contribution in [0.5, 0.6) is 0 Å². The summed E-state index contributed by atoms with van der Waals surface area (Å²) in [5.41, 5.74) is 0.730. The minimum atomic E-state index is -4.67. The van der Waals surface area contributed by atoms with Crippen LogP contribution in [-0.4, -0.2) is 53.3 Å². The van der Waals surface area contributed by atoms with Crippen LogP contribution in [0.3, 0.4) is 0 Å². The van der Waals surface area contributed by atoms with Crippen molar-refractivity contribution in [3.8, 4) is 6.07 Å². The van der Waals surface area contributed by atoms with Gasteiger partial charge < -0.3 is 9.64 Å². The number of unbranched alkanes of at least 4 members (excludes halogenated alkanes) is 2. The minimum absolute atomic E-state index is 0.0189. The van der Waals surface area contributed by atoms with Crippen LogP contribution in [0.4, 0.5) is 23.7 Å². The van der Waals surface area contributed by atoms with Crippen molar-refractivity contribution < 1.29 is 37.1 Å². The number of rotatable bonds is 10. The number of urea groups is 1. The van der Waals surface area contributed by atoms with Gasteiger partial charge in [-0.25, -0.2) is 9.59 Å². The molecule has 0 fully saturated rings. The normalized spacial score (nSPS) is 16.5. The molecule has 3 aromatic carbocycles. The van der Waals surface area contributed by atoms with E-state index in [9.17, 15) is 37.6 Å². The molecule has 0 saturated carbocycles. The monoisotopic (exact) mass is 644 g/mol. The highest BCUT2D eigenvalue weighted by Crippen LogP contribution is 2.41. The first-order valence-corrected chi connectivity index (χ1v) is 15.1. The molecule has 2 heterocycles. The van der Waals surface area contributed by atoms with Crippen molar-refractivity contribution >= 4 is 29.5 Å². The molecule has 0 spiro atoms. The summed E-state index contributed by atoms with van der Waals surface area (Å²) in [7, 11) is 0. The quantitative estimate of drug-likeness (QED) is 0.135. The van der Waals surface area contributed by atoms with Crippen LogP contribution in [0.1, 0.15) is 76.6 Å². The smallest absolute Gasteiger partial charge is 0.416 e.